The summed E-state index contributed by atoms with van der Waals surface area (Å²) in [4.78, 5) is 8.77. The maximum atomic E-state index is 5.53. The van der Waals surface area contributed by atoms with Crippen LogP contribution in [0.2, 0.25) is 0 Å². The lowest BCUT2D eigenvalue weighted by Crippen LogP contribution is -2.33. The van der Waals surface area contributed by atoms with Crippen molar-refractivity contribution >= 4 is 0 Å². The normalized spacial score (nSPS) is 13.0. The SMILES string of the molecule is CCCNC(CC(C)(C)OC)c1ncc(OC)nc1OC. The number of nitrogens with one attached hydrogen (secondary N) is 1. The Kier molecular flexibility index (Phi) is 6.84. The van der Waals surface area contributed by atoms with E-state index in [-0.39, 0.29) is 11.6 Å². The fourth-order valence-corrected chi connectivity index (χ4v) is 2.01. The van der Waals surface area contributed by atoms with Crippen LogP contribution in [0.4, 0.5) is 0 Å². The highest BCUT2D eigenvalue weighted by atomic mass is 16.5. The summed E-state index contributed by atoms with van der Waals surface area (Å²) in [6.45, 7) is 7.12. The molecular formula is C15H27N3O3. The fraction of sp³-hybridized carbons (Fsp3) is 0.733. The van der Waals surface area contributed by atoms with E-state index in [2.05, 4.69) is 36.1 Å². The number of rotatable bonds is 9. The van der Waals surface area contributed by atoms with Crippen molar-refractivity contribution in [3.8, 4) is 11.8 Å². The number of nitrogens with zero attached hydrogens (tertiary/aromatic N) is 2. The van der Waals surface area contributed by atoms with E-state index in [9.17, 15) is 0 Å². The zero-order chi connectivity index (χ0) is 15.9. The second kappa shape index (κ2) is 8.14. The summed E-state index contributed by atoms with van der Waals surface area (Å²) in [5.74, 6) is 0.922. The first kappa shape index (κ1) is 17.7. The Morgan fingerprint density at radius 3 is 2.48 bits per heavy atom. The minimum Gasteiger partial charge on any atom is -0.480 e. The molecule has 120 valence electrons. The van der Waals surface area contributed by atoms with Crippen LogP contribution in [-0.4, -0.2) is 43.4 Å². The van der Waals surface area contributed by atoms with Gasteiger partial charge in [0.05, 0.1) is 32.1 Å². The van der Waals surface area contributed by atoms with Crippen LogP contribution in [0.15, 0.2) is 6.20 Å². The van der Waals surface area contributed by atoms with E-state index < -0.39 is 0 Å². The average molecular weight is 297 g/mol. The van der Waals surface area contributed by atoms with E-state index in [0.29, 0.717) is 11.8 Å². The molecule has 1 unspecified atom stereocenters. The van der Waals surface area contributed by atoms with Crippen LogP contribution in [0.25, 0.3) is 0 Å². The first-order valence-corrected chi connectivity index (χ1v) is 7.20. The van der Waals surface area contributed by atoms with Gasteiger partial charge in [0.2, 0.25) is 11.8 Å². The Bertz CT molecular complexity index is 438. The van der Waals surface area contributed by atoms with Gasteiger partial charge in [-0.15, -0.1) is 0 Å². The lowest BCUT2D eigenvalue weighted by atomic mass is 9.96. The molecular weight excluding hydrogens is 270 g/mol. The molecule has 1 atom stereocenters. The van der Waals surface area contributed by atoms with E-state index in [1.54, 1.807) is 27.5 Å². The summed E-state index contributed by atoms with van der Waals surface area (Å²) >= 11 is 0. The summed E-state index contributed by atoms with van der Waals surface area (Å²) in [5.41, 5.74) is 0.509. The van der Waals surface area contributed by atoms with Crippen LogP contribution in [0.1, 0.15) is 45.3 Å². The van der Waals surface area contributed by atoms with Crippen LogP contribution >= 0.6 is 0 Å². The van der Waals surface area contributed by atoms with Gasteiger partial charge < -0.3 is 19.5 Å². The molecule has 0 aliphatic heterocycles. The summed E-state index contributed by atoms with van der Waals surface area (Å²) in [6.07, 6.45) is 3.41. The molecule has 6 nitrogen and oxygen atoms in total. The lowest BCUT2D eigenvalue weighted by Gasteiger charge is -2.29. The molecule has 0 fully saturated rings. The largest absolute Gasteiger partial charge is 0.480 e. The van der Waals surface area contributed by atoms with Crippen molar-refractivity contribution in [1.29, 1.82) is 0 Å². The van der Waals surface area contributed by atoms with Crippen molar-refractivity contribution in [3.63, 3.8) is 0 Å². The minimum atomic E-state index is -0.266. The molecule has 1 rings (SSSR count). The van der Waals surface area contributed by atoms with E-state index in [1.807, 2.05) is 0 Å². The predicted molar refractivity (Wildman–Crippen MR) is 81.9 cm³/mol. The second-order valence-electron chi connectivity index (χ2n) is 5.48. The molecule has 1 aromatic rings. The molecule has 0 spiro atoms. The summed E-state index contributed by atoms with van der Waals surface area (Å²) in [6, 6.07) is 0.00764. The quantitative estimate of drug-likeness (QED) is 0.755. The summed E-state index contributed by atoms with van der Waals surface area (Å²) in [7, 11) is 4.86. The van der Waals surface area contributed by atoms with Crippen molar-refractivity contribution in [2.75, 3.05) is 27.9 Å². The Hall–Kier alpha value is -1.40. The van der Waals surface area contributed by atoms with Crippen LogP contribution in [0.5, 0.6) is 11.8 Å². The van der Waals surface area contributed by atoms with Crippen molar-refractivity contribution in [2.24, 2.45) is 0 Å². The first-order chi connectivity index (χ1) is 9.97. The van der Waals surface area contributed by atoms with Gasteiger partial charge in [-0.3, -0.25) is 0 Å². The molecule has 0 radical (unpaired) electrons. The van der Waals surface area contributed by atoms with Gasteiger partial charge in [0.1, 0.15) is 5.69 Å². The molecule has 1 aromatic heterocycles. The number of hydrogen-bond donors (Lipinski definition) is 1. The van der Waals surface area contributed by atoms with Crippen LogP contribution in [0, 0.1) is 0 Å². The summed E-state index contributed by atoms with van der Waals surface area (Å²) < 4.78 is 16.0. The van der Waals surface area contributed by atoms with E-state index >= 15 is 0 Å². The average Bonchev–Trinajstić information content (AvgIpc) is 2.50. The van der Waals surface area contributed by atoms with Gasteiger partial charge in [0.25, 0.3) is 0 Å². The van der Waals surface area contributed by atoms with Crippen LogP contribution < -0.4 is 14.8 Å². The third kappa shape index (κ3) is 5.13. The number of hydrogen-bond acceptors (Lipinski definition) is 6. The number of methoxy groups -OCH3 is 3. The highest BCUT2D eigenvalue weighted by Gasteiger charge is 2.27. The molecule has 0 saturated carbocycles. The molecule has 0 aliphatic rings. The highest BCUT2D eigenvalue weighted by molar-refractivity contribution is 5.26. The molecule has 6 heteroatoms. The van der Waals surface area contributed by atoms with Crippen molar-refractivity contribution in [1.82, 2.24) is 15.3 Å². The van der Waals surface area contributed by atoms with Gasteiger partial charge in [-0.05, 0) is 33.2 Å². The topological polar surface area (TPSA) is 65.5 Å². The first-order valence-electron chi connectivity index (χ1n) is 7.20. The van der Waals surface area contributed by atoms with Gasteiger partial charge in [0.15, 0.2) is 0 Å². The summed E-state index contributed by atoms with van der Waals surface area (Å²) in [5, 5.41) is 3.49. The second-order valence-corrected chi connectivity index (χ2v) is 5.48. The van der Waals surface area contributed by atoms with E-state index in [0.717, 1.165) is 25.1 Å². The van der Waals surface area contributed by atoms with Gasteiger partial charge in [0, 0.05) is 7.11 Å². The fourth-order valence-electron chi connectivity index (χ4n) is 2.01. The Morgan fingerprint density at radius 2 is 1.95 bits per heavy atom. The molecule has 1 heterocycles. The zero-order valence-corrected chi connectivity index (χ0v) is 13.9. The van der Waals surface area contributed by atoms with E-state index in [1.165, 1.54) is 0 Å². The molecule has 0 saturated heterocycles. The Morgan fingerprint density at radius 1 is 1.24 bits per heavy atom. The third-order valence-electron chi connectivity index (χ3n) is 3.37. The third-order valence-corrected chi connectivity index (χ3v) is 3.37. The van der Waals surface area contributed by atoms with E-state index in [4.69, 9.17) is 14.2 Å². The molecule has 0 bridgehead atoms. The van der Waals surface area contributed by atoms with Gasteiger partial charge >= 0.3 is 0 Å². The number of aromatic nitrogens is 2. The van der Waals surface area contributed by atoms with Crippen molar-refractivity contribution < 1.29 is 14.2 Å². The molecule has 0 amide bonds. The number of ether oxygens (including phenoxy) is 3. The van der Waals surface area contributed by atoms with Crippen molar-refractivity contribution in [3.05, 3.63) is 11.9 Å². The highest BCUT2D eigenvalue weighted by Crippen LogP contribution is 2.30. The maximum Gasteiger partial charge on any atom is 0.240 e. The zero-order valence-electron chi connectivity index (χ0n) is 13.9. The molecule has 0 aliphatic carbocycles. The van der Waals surface area contributed by atoms with Gasteiger partial charge in [-0.25, -0.2) is 4.98 Å². The molecule has 1 N–H and O–H groups in total. The molecule has 21 heavy (non-hydrogen) atoms. The maximum absolute atomic E-state index is 5.53. The monoisotopic (exact) mass is 297 g/mol. The lowest BCUT2D eigenvalue weighted by molar-refractivity contribution is 0.00625. The molecule has 0 aromatic carbocycles. The van der Waals surface area contributed by atoms with Gasteiger partial charge in [-0.2, -0.15) is 4.98 Å². The van der Waals surface area contributed by atoms with Crippen LogP contribution in [0.3, 0.4) is 0 Å². The Balaban J connectivity index is 3.06. The van der Waals surface area contributed by atoms with Crippen LogP contribution in [-0.2, 0) is 4.74 Å². The van der Waals surface area contributed by atoms with Crippen molar-refractivity contribution in [2.45, 2.75) is 45.3 Å². The Labute approximate surface area is 127 Å². The minimum absolute atomic E-state index is 0.00764. The van der Waals surface area contributed by atoms with Gasteiger partial charge in [-0.1, -0.05) is 6.92 Å². The smallest absolute Gasteiger partial charge is 0.240 e. The predicted octanol–water partition coefficient (Wildman–Crippen LogP) is 2.35. The standard InChI is InChI=1S/C15H27N3O3/c1-7-8-16-11(9-15(2,3)21-6)13-14(20-5)18-12(19-4)10-17-13/h10-11,16H,7-9H2,1-6H3.